The molecule has 14 rings (SSSR count). The van der Waals surface area contributed by atoms with Gasteiger partial charge in [-0.25, -0.2) is 0 Å². The fourth-order valence-electron chi connectivity index (χ4n) is 11.9. The van der Waals surface area contributed by atoms with E-state index >= 15 is 0 Å². The fraction of sp³-hybridized carbons (Fsp3) is 0. The molecular formula is C66H42Si. The number of rotatable bonds is 6. The van der Waals surface area contributed by atoms with E-state index in [0.717, 1.165) is 0 Å². The minimum absolute atomic E-state index is 1.23. The lowest BCUT2D eigenvalue weighted by molar-refractivity contribution is 1.68. The topological polar surface area (TPSA) is 0 Å². The van der Waals surface area contributed by atoms with Crippen LogP contribution in [0.25, 0.3) is 108 Å². The van der Waals surface area contributed by atoms with Crippen LogP contribution in [0.4, 0.5) is 0 Å². The number of fused-ring (bicyclic) bond motifs is 5. The lowest BCUT2D eigenvalue weighted by atomic mass is 9.84. The van der Waals surface area contributed by atoms with E-state index in [0.29, 0.717) is 0 Å². The molecule has 14 aromatic carbocycles. The monoisotopic (exact) mass is 862 g/mol. The van der Waals surface area contributed by atoms with Crippen LogP contribution < -0.4 is 20.7 Å². The second kappa shape index (κ2) is 14.8. The minimum Gasteiger partial charge on any atom is -0.0623 e. The van der Waals surface area contributed by atoms with Crippen molar-refractivity contribution in [1.29, 1.82) is 0 Å². The first-order chi connectivity index (χ1) is 33.2. The molecule has 310 valence electrons. The molecule has 0 aliphatic heterocycles. The van der Waals surface area contributed by atoms with Gasteiger partial charge in [0.2, 0.25) is 0 Å². The van der Waals surface area contributed by atoms with Crippen LogP contribution in [0.2, 0.25) is 0 Å². The lowest BCUT2D eigenvalue weighted by Crippen LogP contribution is -2.74. The van der Waals surface area contributed by atoms with Gasteiger partial charge in [-0.15, -0.1) is 0 Å². The largest absolute Gasteiger partial charge is 0.180 e. The summed E-state index contributed by atoms with van der Waals surface area (Å²) in [5, 5.41) is 26.1. The van der Waals surface area contributed by atoms with Crippen molar-refractivity contribution in [2.24, 2.45) is 0 Å². The van der Waals surface area contributed by atoms with E-state index in [1.54, 1.807) is 0 Å². The van der Waals surface area contributed by atoms with Gasteiger partial charge in [0.15, 0.2) is 8.07 Å². The van der Waals surface area contributed by atoms with Gasteiger partial charge in [0.05, 0.1) is 0 Å². The van der Waals surface area contributed by atoms with E-state index in [-0.39, 0.29) is 0 Å². The Morgan fingerprint density at radius 1 is 0.224 bits per heavy atom. The molecule has 0 aliphatic carbocycles. The molecule has 0 aromatic heterocycles. The van der Waals surface area contributed by atoms with Crippen LogP contribution in [-0.4, -0.2) is 8.07 Å². The van der Waals surface area contributed by atoms with Gasteiger partial charge in [0.1, 0.15) is 0 Å². The quantitative estimate of drug-likeness (QED) is 0.0676. The highest BCUT2D eigenvalue weighted by atomic mass is 28.3. The smallest absolute Gasteiger partial charge is 0.0623 e. The molecule has 1 atom stereocenters. The molecule has 14 aromatic rings. The van der Waals surface area contributed by atoms with E-state index in [1.807, 2.05) is 0 Å². The molecular weight excluding hydrogens is 821 g/mol. The van der Waals surface area contributed by atoms with Gasteiger partial charge in [-0.3, -0.25) is 0 Å². The van der Waals surface area contributed by atoms with Crippen LogP contribution in [0.5, 0.6) is 0 Å². The zero-order chi connectivity index (χ0) is 44.1. The Labute approximate surface area is 390 Å². The minimum atomic E-state index is -3.03. The van der Waals surface area contributed by atoms with Crippen LogP contribution in [0.3, 0.4) is 0 Å². The zero-order valence-electron chi connectivity index (χ0n) is 36.7. The first-order valence-corrected chi connectivity index (χ1v) is 25.4. The maximum absolute atomic E-state index is 3.03. The Kier molecular flexibility index (Phi) is 8.40. The number of hydrogen-bond acceptors (Lipinski definition) is 0. The predicted octanol–water partition coefficient (Wildman–Crippen LogP) is 15.1. The summed E-state index contributed by atoms with van der Waals surface area (Å²) >= 11 is 0. The summed E-state index contributed by atoms with van der Waals surface area (Å²) in [5.74, 6) is 0. The molecule has 0 amide bonds. The summed E-state index contributed by atoms with van der Waals surface area (Å²) in [6.07, 6.45) is 0. The standard InChI is InChI=1S/C66H42Si/c1-2-20-52(21-3-1)67(53-36-32-43-14-4-5-16-48(43)41-53,62-39-35-47-29-28-45-18-12-19-46-34-38-61(62)65(47)63(45)46)54-37-33-49-40-51(31-30-50(49)42-54)64-57-23-8-10-25-59(57)66(60-26-11-9-24-58(60)64)56-27-13-17-44-15-6-7-22-55(44)56/h1-42H. The van der Waals surface area contributed by atoms with E-state index in [4.69, 9.17) is 0 Å². The highest BCUT2D eigenvalue weighted by molar-refractivity contribution is 7.21. The highest BCUT2D eigenvalue weighted by Crippen LogP contribution is 2.46. The van der Waals surface area contributed by atoms with Crippen molar-refractivity contribution in [2.75, 3.05) is 0 Å². The third-order valence-electron chi connectivity index (χ3n) is 14.9. The molecule has 0 N–H and O–H groups in total. The van der Waals surface area contributed by atoms with Crippen molar-refractivity contribution in [3.8, 4) is 22.3 Å². The van der Waals surface area contributed by atoms with Crippen molar-refractivity contribution in [2.45, 2.75) is 0 Å². The van der Waals surface area contributed by atoms with E-state index in [9.17, 15) is 0 Å². The average Bonchev–Trinajstić information content (AvgIpc) is 3.40. The Balaban J connectivity index is 1.03. The summed E-state index contributed by atoms with van der Waals surface area (Å²) < 4.78 is 0. The van der Waals surface area contributed by atoms with Crippen LogP contribution >= 0.6 is 0 Å². The Morgan fingerprint density at radius 2 is 0.687 bits per heavy atom. The van der Waals surface area contributed by atoms with Gasteiger partial charge in [-0.05, 0) is 135 Å². The van der Waals surface area contributed by atoms with Crippen LogP contribution in [-0.2, 0) is 0 Å². The lowest BCUT2D eigenvalue weighted by Gasteiger charge is -2.36. The third kappa shape index (κ3) is 5.65. The van der Waals surface area contributed by atoms with Crippen LogP contribution in [0.1, 0.15) is 0 Å². The van der Waals surface area contributed by atoms with E-state index < -0.39 is 8.07 Å². The molecule has 67 heavy (non-hydrogen) atoms. The van der Waals surface area contributed by atoms with Crippen molar-refractivity contribution >= 4 is 115 Å². The third-order valence-corrected chi connectivity index (χ3v) is 19.7. The molecule has 0 fully saturated rings. The zero-order valence-corrected chi connectivity index (χ0v) is 37.7. The van der Waals surface area contributed by atoms with Crippen LogP contribution in [0.15, 0.2) is 255 Å². The van der Waals surface area contributed by atoms with E-state index in [2.05, 4.69) is 255 Å². The van der Waals surface area contributed by atoms with Gasteiger partial charge in [-0.2, -0.15) is 0 Å². The predicted molar refractivity (Wildman–Crippen MR) is 292 cm³/mol. The summed E-state index contributed by atoms with van der Waals surface area (Å²) in [6, 6.07) is 96.6. The molecule has 0 nitrogen and oxygen atoms in total. The van der Waals surface area contributed by atoms with Gasteiger partial charge in [-0.1, -0.05) is 249 Å². The molecule has 0 radical (unpaired) electrons. The second-order valence-corrected chi connectivity index (χ2v) is 22.1. The molecule has 0 saturated carbocycles. The Morgan fingerprint density at radius 3 is 1.40 bits per heavy atom. The molecule has 0 heterocycles. The van der Waals surface area contributed by atoms with Crippen molar-refractivity contribution in [3.05, 3.63) is 255 Å². The Hall–Kier alpha value is -8.36. The van der Waals surface area contributed by atoms with Crippen molar-refractivity contribution in [3.63, 3.8) is 0 Å². The maximum atomic E-state index is 2.53. The van der Waals surface area contributed by atoms with Gasteiger partial charge in [0, 0.05) is 0 Å². The molecule has 0 aliphatic rings. The summed E-state index contributed by atoms with van der Waals surface area (Å²) in [4.78, 5) is 0. The maximum Gasteiger partial charge on any atom is 0.180 e. The first-order valence-electron chi connectivity index (χ1n) is 23.4. The van der Waals surface area contributed by atoms with Gasteiger partial charge >= 0.3 is 0 Å². The number of hydrogen-bond donors (Lipinski definition) is 0. The molecule has 1 heteroatoms. The first kappa shape index (κ1) is 38.0. The SMILES string of the molecule is c1ccc([Si](c2ccc3ccccc3c2)(c2ccc3cc(-c4c5ccccc5c(-c5cccc6ccccc56)c5ccccc45)ccc3c2)c2ccc3ccc4cccc5ccc2c3c45)cc1. The van der Waals surface area contributed by atoms with Crippen LogP contribution in [0, 0.1) is 0 Å². The summed E-state index contributed by atoms with van der Waals surface area (Å²) in [7, 11) is -3.03. The molecule has 1 unspecified atom stereocenters. The van der Waals surface area contributed by atoms with Crippen molar-refractivity contribution in [1.82, 2.24) is 0 Å². The van der Waals surface area contributed by atoms with Crippen molar-refractivity contribution < 1.29 is 0 Å². The van der Waals surface area contributed by atoms with Gasteiger partial charge < -0.3 is 0 Å². The molecule has 0 spiro atoms. The second-order valence-electron chi connectivity index (χ2n) is 18.3. The molecule has 0 saturated heterocycles. The van der Waals surface area contributed by atoms with E-state index in [1.165, 1.54) is 129 Å². The average molecular weight is 863 g/mol. The summed E-state index contributed by atoms with van der Waals surface area (Å²) in [6.45, 7) is 0. The fourth-order valence-corrected chi connectivity index (χ4v) is 16.9. The number of benzene rings is 14. The van der Waals surface area contributed by atoms with Gasteiger partial charge in [0.25, 0.3) is 0 Å². The highest BCUT2D eigenvalue weighted by Gasteiger charge is 2.43. The summed E-state index contributed by atoms with van der Waals surface area (Å²) in [5.41, 5.74) is 5.06. The normalized spacial score (nSPS) is 12.9. The Bertz CT molecular complexity index is 4200. The molecule has 0 bridgehead atoms.